The van der Waals surface area contributed by atoms with Gasteiger partial charge in [-0.05, 0) is 31.0 Å². The molecule has 1 aromatic carbocycles. The highest BCUT2D eigenvalue weighted by Gasteiger charge is 2.41. The Labute approximate surface area is 130 Å². The zero-order valence-corrected chi connectivity index (χ0v) is 13.2. The minimum absolute atomic E-state index is 0.00910. The third-order valence-corrected chi connectivity index (χ3v) is 6.63. The molecule has 3 rings (SSSR count). The number of hydrogen-bond donors (Lipinski definition) is 1. The summed E-state index contributed by atoms with van der Waals surface area (Å²) in [5.74, 6) is 0. The first-order chi connectivity index (χ1) is 10.00. The van der Waals surface area contributed by atoms with Gasteiger partial charge in [0.2, 0.25) is 10.0 Å². The summed E-state index contributed by atoms with van der Waals surface area (Å²) in [6, 6.07) is 4.46. The smallest absolute Gasteiger partial charge is 0.244 e. The largest absolute Gasteiger partial charge is 0.399 e. The van der Waals surface area contributed by atoms with E-state index in [2.05, 4.69) is 0 Å². The third-order valence-electron chi connectivity index (χ3n) is 4.22. The Morgan fingerprint density at radius 3 is 2.81 bits per heavy atom. The summed E-state index contributed by atoms with van der Waals surface area (Å²) < 4.78 is 33.1. The second kappa shape index (κ2) is 5.76. The van der Waals surface area contributed by atoms with E-state index in [1.807, 2.05) is 0 Å². The quantitative estimate of drug-likeness (QED) is 0.844. The molecule has 2 aliphatic rings. The molecular formula is C14H19ClN2O3S. The van der Waals surface area contributed by atoms with E-state index in [-0.39, 0.29) is 22.1 Å². The lowest BCUT2D eigenvalue weighted by Gasteiger charge is -2.42. The van der Waals surface area contributed by atoms with Crippen LogP contribution in [0, 0.1) is 0 Å². The Bertz CT molecular complexity index is 633. The maximum absolute atomic E-state index is 12.9. The van der Waals surface area contributed by atoms with E-state index in [1.165, 1.54) is 12.1 Å². The normalized spacial score (nSPS) is 27.3. The van der Waals surface area contributed by atoms with E-state index < -0.39 is 10.0 Å². The Morgan fingerprint density at radius 1 is 1.29 bits per heavy atom. The molecule has 0 radical (unpaired) electrons. The highest BCUT2D eigenvalue weighted by atomic mass is 35.5. The van der Waals surface area contributed by atoms with Crippen molar-refractivity contribution < 1.29 is 13.2 Å². The molecule has 2 unspecified atom stereocenters. The number of anilines is 1. The highest BCUT2D eigenvalue weighted by molar-refractivity contribution is 7.89. The second-order valence-electron chi connectivity index (χ2n) is 5.57. The number of nitrogens with two attached hydrogens (primary N) is 1. The van der Waals surface area contributed by atoms with Crippen molar-refractivity contribution in [3.05, 3.63) is 23.2 Å². The number of morpholine rings is 1. The van der Waals surface area contributed by atoms with Gasteiger partial charge < -0.3 is 10.5 Å². The van der Waals surface area contributed by atoms with Gasteiger partial charge in [0, 0.05) is 12.2 Å². The molecule has 0 bridgehead atoms. The molecule has 1 heterocycles. The van der Waals surface area contributed by atoms with Crippen molar-refractivity contribution in [2.75, 3.05) is 18.9 Å². The lowest BCUT2D eigenvalue weighted by molar-refractivity contribution is -0.0586. The number of nitrogens with zero attached hydrogens (tertiary/aromatic N) is 1. The van der Waals surface area contributed by atoms with E-state index in [9.17, 15) is 8.42 Å². The molecule has 1 aliphatic carbocycles. The Morgan fingerprint density at radius 2 is 2.05 bits per heavy atom. The van der Waals surface area contributed by atoms with Crippen LogP contribution in [0.15, 0.2) is 23.1 Å². The Kier molecular flexibility index (Phi) is 4.14. The molecule has 2 atom stereocenters. The van der Waals surface area contributed by atoms with Crippen molar-refractivity contribution in [3.63, 3.8) is 0 Å². The number of hydrogen-bond acceptors (Lipinski definition) is 4. The van der Waals surface area contributed by atoms with Gasteiger partial charge in [0.15, 0.2) is 0 Å². The second-order valence-corrected chi connectivity index (χ2v) is 7.83. The molecule has 1 aliphatic heterocycles. The minimum atomic E-state index is -3.61. The lowest BCUT2D eigenvalue weighted by Crippen LogP contribution is -2.54. The van der Waals surface area contributed by atoms with Gasteiger partial charge in [0.1, 0.15) is 4.90 Å². The van der Waals surface area contributed by atoms with Crippen molar-refractivity contribution in [2.24, 2.45) is 0 Å². The van der Waals surface area contributed by atoms with Crippen LogP contribution in [-0.2, 0) is 14.8 Å². The molecule has 1 saturated heterocycles. The van der Waals surface area contributed by atoms with Gasteiger partial charge in [-0.2, -0.15) is 4.31 Å². The fourth-order valence-corrected chi connectivity index (χ4v) is 5.40. The lowest BCUT2D eigenvalue weighted by atomic mass is 9.91. The monoisotopic (exact) mass is 330 g/mol. The summed E-state index contributed by atoms with van der Waals surface area (Å²) in [5.41, 5.74) is 6.10. The number of fused-ring (bicyclic) bond motifs is 1. The number of halogens is 1. The summed E-state index contributed by atoms with van der Waals surface area (Å²) in [7, 11) is -3.61. The average molecular weight is 331 g/mol. The molecule has 7 heteroatoms. The molecule has 2 N–H and O–H groups in total. The van der Waals surface area contributed by atoms with Gasteiger partial charge in [-0.1, -0.05) is 24.4 Å². The Balaban J connectivity index is 1.96. The van der Waals surface area contributed by atoms with Crippen molar-refractivity contribution in [1.29, 1.82) is 0 Å². The van der Waals surface area contributed by atoms with Crippen LogP contribution in [-0.4, -0.2) is 38.0 Å². The van der Waals surface area contributed by atoms with Crippen LogP contribution >= 0.6 is 11.6 Å². The molecular weight excluding hydrogens is 312 g/mol. The predicted molar refractivity (Wildman–Crippen MR) is 81.8 cm³/mol. The zero-order valence-electron chi connectivity index (χ0n) is 11.7. The van der Waals surface area contributed by atoms with E-state index in [1.54, 1.807) is 10.4 Å². The van der Waals surface area contributed by atoms with E-state index >= 15 is 0 Å². The van der Waals surface area contributed by atoms with Gasteiger partial charge in [0.05, 0.1) is 23.8 Å². The van der Waals surface area contributed by atoms with Gasteiger partial charge in [-0.15, -0.1) is 0 Å². The standard InChI is InChI=1S/C14H19ClN2O3S/c15-11-9-10(16)5-6-14(11)21(18,19)17-7-8-20-13-4-2-1-3-12(13)17/h5-6,9,12-13H,1-4,7-8,16H2. The summed E-state index contributed by atoms with van der Waals surface area (Å²) in [4.78, 5) is 0.129. The average Bonchev–Trinajstić information content (AvgIpc) is 2.46. The first-order valence-electron chi connectivity index (χ1n) is 7.18. The predicted octanol–water partition coefficient (Wildman–Crippen LogP) is 2.25. The van der Waals surface area contributed by atoms with Crippen molar-refractivity contribution >= 4 is 27.3 Å². The van der Waals surface area contributed by atoms with Crippen LogP contribution in [0.3, 0.4) is 0 Å². The van der Waals surface area contributed by atoms with Gasteiger partial charge in [-0.3, -0.25) is 0 Å². The number of nitrogen functional groups attached to an aromatic ring is 1. The highest BCUT2D eigenvalue weighted by Crippen LogP contribution is 2.34. The number of sulfonamides is 1. The van der Waals surface area contributed by atoms with Crippen molar-refractivity contribution in [3.8, 4) is 0 Å². The van der Waals surface area contributed by atoms with E-state index in [4.69, 9.17) is 22.1 Å². The van der Waals surface area contributed by atoms with Gasteiger partial charge in [-0.25, -0.2) is 8.42 Å². The van der Waals surface area contributed by atoms with Crippen LogP contribution in [0.2, 0.25) is 5.02 Å². The van der Waals surface area contributed by atoms with Gasteiger partial charge in [0.25, 0.3) is 0 Å². The first-order valence-corrected chi connectivity index (χ1v) is 9.00. The SMILES string of the molecule is Nc1ccc(S(=O)(=O)N2CCOC3CCCCC32)c(Cl)c1. The molecule has 21 heavy (non-hydrogen) atoms. The fraction of sp³-hybridized carbons (Fsp3) is 0.571. The van der Waals surface area contributed by atoms with E-state index in [0.29, 0.717) is 18.8 Å². The van der Waals surface area contributed by atoms with Crippen LogP contribution in [0.4, 0.5) is 5.69 Å². The molecule has 2 fully saturated rings. The Hall–Kier alpha value is -0.820. The maximum atomic E-state index is 12.9. The van der Waals surface area contributed by atoms with E-state index in [0.717, 1.165) is 25.7 Å². The van der Waals surface area contributed by atoms with Crippen LogP contribution in [0.5, 0.6) is 0 Å². The molecule has 0 aromatic heterocycles. The topological polar surface area (TPSA) is 72.6 Å². The zero-order chi connectivity index (χ0) is 15.0. The summed E-state index contributed by atoms with van der Waals surface area (Å²) in [5, 5.41) is 0.175. The minimum Gasteiger partial charge on any atom is -0.399 e. The number of benzene rings is 1. The molecule has 0 amide bonds. The summed E-state index contributed by atoms with van der Waals surface area (Å²) >= 11 is 6.09. The summed E-state index contributed by atoms with van der Waals surface area (Å²) in [6.45, 7) is 0.817. The molecule has 0 spiro atoms. The number of rotatable bonds is 2. The summed E-state index contributed by atoms with van der Waals surface area (Å²) in [6.07, 6.45) is 3.90. The molecule has 5 nitrogen and oxygen atoms in total. The van der Waals surface area contributed by atoms with Crippen LogP contribution in [0.1, 0.15) is 25.7 Å². The van der Waals surface area contributed by atoms with Crippen molar-refractivity contribution in [1.82, 2.24) is 4.31 Å². The number of ether oxygens (including phenoxy) is 1. The van der Waals surface area contributed by atoms with Gasteiger partial charge >= 0.3 is 0 Å². The fourth-order valence-electron chi connectivity index (χ4n) is 3.21. The molecule has 1 aromatic rings. The molecule has 1 saturated carbocycles. The first kappa shape index (κ1) is 15.1. The van der Waals surface area contributed by atoms with Crippen LogP contribution < -0.4 is 5.73 Å². The maximum Gasteiger partial charge on any atom is 0.244 e. The van der Waals surface area contributed by atoms with Crippen LogP contribution in [0.25, 0.3) is 0 Å². The molecule has 116 valence electrons. The third kappa shape index (κ3) is 2.77. The van der Waals surface area contributed by atoms with Crippen molar-refractivity contribution in [2.45, 2.75) is 42.7 Å².